The Balaban J connectivity index is 1.40. The standard InChI is InChI=1S/C25H21FN2O4/c26-19-9-5-18(6-10-19)16-32-22-4-2-1-3-21(22)25(31)27-20-11-7-17(8-12-20)15-28-23(29)13-14-24(28)30/h1-12H,13-16H2,(H,27,31). The lowest BCUT2D eigenvalue weighted by atomic mass is 10.1. The van der Waals surface area contributed by atoms with Crippen molar-refractivity contribution >= 4 is 23.4 Å². The van der Waals surface area contributed by atoms with E-state index in [0.717, 1.165) is 11.1 Å². The van der Waals surface area contributed by atoms with Crippen LogP contribution in [0.2, 0.25) is 0 Å². The molecule has 0 aromatic heterocycles. The number of carbonyl (C=O) groups is 3. The lowest BCUT2D eigenvalue weighted by Crippen LogP contribution is -2.28. The van der Waals surface area contributed by atoms with Gasteiger partial charge < -0.3 is 10.1 Å². The van der Waals surface area contributed by atoms with E-state index in [1.54, 1.807) is 60.7 Å². The van der Waals surface area contributed by atoms with Crippen molar-refractivity contribution in [1.29, 1.82) is 0 Å². The third-order valence-electron chi connectivity index (χ3n) is 5.15. The van der Waals surface area contributed by atoms with Crippen molar-refractivity contribution in [2.45, 2.75) is 26.0 Å². The Bertz CT molecular complexity index is 1130. The lowest BCUT2D eigenvalue weighted by molar-refractivity contribution is -0.139. The molecule has 3 aromatic rings. The van der Waals surface area contributed by atoms with Gasteiger partial charge in [-0.2, -0.15) is 0 Å². The van der Waals surface area contributed by atoms with Crippen LogP contribution in [-0.4, -0.2) is 22.6 Å². The summed E-state index contributed by atoms with van der Waals surface area (Å²) in [6, 6.07) is 19.8. The van der Waals surface area contributed by atoms with Crippen LogP contribution in [0.4, 0.5) is 10.1 Å². The molecule has 0 unspecified atom stereocenters. The smallest absolute Gasteiger partial charge is 0.259 e. The van der Waals surface area contributed by atoms with Crippen molar-refractivity contribution in [3.8, 4) is 5.75 Å². The van der Waals surface area contributed by atoms with Crippen LogP contribution < -0.4 is 10.1 Å². The number of carbonyl (C=O) groups excluding carboxylic acids is 3. The first-order valence-electron chi connectivity index (χ1n) is 10.2. The number of likely N-dealkylation sites (tertiary alicyclic amines) is 1. The van der Waals surface area contributed by atoms with Crippen LogP contribution in [0.1, 0.15) is 34.3 Å². The van der Waals surface area contributed by atoms with Crippen LogP contribution in [-0.2, 0) is 22.7 Å². The van der Waals surface area contributed by atoms with Gasteiger partial charge in [0.25, 0.3) is 5.91 Å². The quantitative estimate of drug-likeness (QED) is 0.565. The van der Waals surface area contributed by atoms with Gasteiger partial charge in [0.15, 0.2) is 0 Å². The van der Waals surface area contributed by atoms with Crippen LogP contribution in [0, 0.1) is 5.82 Å². The number of benzene rings is 3. The Morgan fingerprint density at radius 3 is 2.19 bits per heavy atom. The first-order valence-corrected chi connectivity index (χ1v) is 10.2. The Morgan fingerprint density at radius 1 is 0.875 bits per heavy atom. The average Bonchev–Trinajstić information content (AvgIpc) is 3.12. The zero-order valence-electron chi connectivity index (χ0n) is 17.2. The minimum Gasteiger partial charge on any atom is -0.488 e. The molecule has 32 heavy (non-hydrogen) atoms. The first-order chi connectivity index (χ1) is 15.5. The van der Waals surface area contributed by atoms with Crippen molar-refractivity contribution in [3.63, 3.8) is 0 Å². The van der Waals surface area contributed by atoms with E-state index in [9.17, 15) is 18.8 Å². The van der Waals surface area contributed by atoms with E-state index >= 15 is 0 Å². The number of amides is 3. The average molecular weight is 432 g/mol. The Labute approximate surface area is 184 Å². The molecule has 1 aliphatic heterocycles. The van der Waals surface area contributed by atoms with E-state index in [0.29, 0.717) is 17.0 Å². The summed E-state index contributed by atoms with van der Waals surface area (Å²) in [5.74, 6) is -0.568. The molecule has 1 saturated heterocycles. The van der Waals surface area contributed by atoms with E-state index in [2.05, 4.69) is 5.32 Å². The van der Waals surface area contributed by atoms with Crippen molar-refractivity contribution < 1.29 is 23.5 Å². The molecule has 0 spiro atoms. The number of imide groups is 1. The van der Waals surface area contributed by atoms with Crippen molar-refractivity contribution in [1.82, 2.24) is 4.90 Å². The fraction of sp³-hybridized carbons (Fsp3) is 0.160. The molecule has 1 N–H and O–H groups in total. The van der Waals surface area contributed by atoms with Crippen molar-refractivity contribution in [2.24, 2.45) is 0 Å². The summed E-state index contributed by atoms with van der Waals surface area (Å²) in [7, 11) is 0. The van der Waals surface area contributed by atoms with Crippen LogP contribution in [0.3, 0.4) is 0 Å². The summed E-state index contributed by atoms with van der Waals surface area (Å²) >= 11 is 0. The lowest BCUT2D eigenvalue weighted by Gasteiger charge is -2.14. The predicted octanol–water partition coefficient (Wildman–Crippen LogP) is 4.31. The molecule has 7 heteroatoms. The number of rotatable bonds is 7. The number of nitrogens with zero attached hydrogens (tertiary/aromatic N) is 1. The van der Waals surface area contributed by atoms with Gasteiger partial charge in [0, 0.05) is 18.5 Å². The van der Waals surface area contributed by atoms with Gasteiger partial charge in [0.2, 0.25) is 11.8 Å². The highest BCUT2D eigenvalue weighted by Gasteiger charge is 2.28. The van der Waals surface area contributed by atoms with Gasteiger partial charge >= 0.3 is 0 Å². The third kappa shape index (κ3) is 5.00. The normalized spacial score (nSPS) is 13.3. The number of halogens is 1. The molecule has 0 radical (unpaired) electrons. The maximum Gasteiger partial charge on any atom is 0.259 e. The summed E-state index contributed by atoms with van der Waals surface area (Å²) in [5.41, 5.74) is 2.53. The van der Waals surface area contributed by atoms with E-state index < -0.39 is 0 Å². The fourth-order valence-corrected chi connectivity index (χ4v) is 3.40. The molecule has 3 aromatic carbocycles. The second-order valence-corrected chi connectivity index (χ2v) is 7.44. The summed E-state index contributed by atoms with van der Waals surface area (Å²) in [6.45, 7) is 0.430. The Hall–Kier alpha value is -4.00. The van der Waals surface area contributed by atoms with E-state index in [4.69, 9.17) is 4.74 Å². The molecule has 1 heterocycles. The SMILES string of the molecule is O=C(Nc1ccc(CN2C(=O)CCC2=O)cc1)c1ccccc1OCc1ccc(F)cc1. The van der Waals surface area contributed by atoms with Crippen LogP contribution in [0.5, 0.6) is 5.75 Å². The molecule has 1 fully saturated rings. The van der Waals surface area contributed by atoms with Gasteiger partial charge in [-0.3, -0.25) is 19.3 Å². The highest BCUT2D eigenvalue weighted by molar-refractivity contribution is 6.06. The molecule has 0 saturated carbocycles. The molecular weight excluding hydrogens is 411 g/mol. The second kappa shape index (κ2) is 9.43. The van der Waals surface area contributed by atoms with Gasteiger partial charge in [0.1, 0.15) is 18.2 Å². The zero-order chi connectivity index (χ0) is 22.5. The highest BCUT2D eigenvalue weighted by atomic mass is 19.1. The van der Waals surface area contributed by atoms with Gasteiger partial charge in [-0.25, -0.2) is 4.39 Å². The second-order valence-electron chi connectivity index (χ2n) is 7.44. The molecule has 4 rings (SSSR count). The largest absolute Gasteiger partial charge is 0.488 e. The fourth-order valence-electron chi connectivity index (χ4n) is 3.40. The minimum absolute atomic E-state index is 0.162. The summed E-state index contributed by atoms with van der Waals surface area (Å²) in [6.07, 6.45) is 0.519. The molecule has 6 nitrogen and oxygen atoms in total. The minimum atomic E-state index is -0.336. The summed E-state index contributed by atoms with van der Waals surface area (Å²) in [4.78, 5) is 37.6. The van der Waals surface area contributed by atoms with E-state index in [-0.39, 0.29) is 49.5 Å². The van der Waals surface area contributed by atoms with Gasteiger partial charge in [-0.05, 0) is 47.5 Å². The first kappa shape index (κ1) is 21.2. The molecular formula is C25H21FN2O4. The van der Waals surface area contributed by atoms with Crippen molar-refractivity contribution in [2.75, 3.05) is 5.32 Å². The Morgan fingerprint density at radius 2 is 1.50 bits per heavy atom. The van der Waals surface area contributed by atoms with Gasteiger partial charge in [-0.1, -0.05) is 36.4 Å². The molecule has 3 amide bonds. The van der Waals surface area contributed by atoms with Gasteiger partial charge in [0.05, 0.1) is 12.1 Å². The topological polar surface area (TPSA) is 75.7 Å². The Kier molecular flexibility index (Phi) is 6.26. The third-order valence-corrected chi connectivity index (χ3v) is 5.15. The van der Waals surface area contributed by atoms with E-state index in [1.807, 2.05) is 0 Å². The summed E-state index contributed by atoms with van der Waals surface area (Å²) in [5, 5.41) is 2.83. The van der Waals surface area contributed by atoms with Crippen LogP contribution in [0.25, 0.3) is 0 Å². The zero-order valence-corrected chi connectivity index (χ0v) is 17.2. The number of hydrogen-bond acceptors (Lipinski definition) is 4. The molecule has 0 bridgehead atoms. The molecule has 0 aliphatic carbocycles. The van der Waals surface area contributed by atoms with Crippen molar-refractivity contribution in [3.05, 3.63) is 95.3 Å². The maximum atomic E-state index is 13.1. The van der Waals surface area contributed by atoms with E-state index in [1.165, 1.54) is 17.0 Å². The number of para-hydroxylation sites is 1. The number of ether oxygens (including phenoxy) is 1. The molecule has 0 atom stereocenters. The number of hydrogen-bond donors (Lipinski definition) is 1. The molecule has 1 aliphatic rings. The summed E-state index contributed by atoms with van der Waals surface area (Å²) < 4.78 is 18.8. The predicted molar refractivity (Wildman–Crippen MR) is 116 cm³/mol. The maximum absolute atomic E-state index is 13.1. The van der Waals surface area contributed by atoms with Crippen LogP contribution >= 0.6 is 0 Å². The molecule has 162 valence electrons. The van der Waals surface area contributed by atoms with Crippen LogP contribution in [0.15, 0.2) is 72.8 Å². The monoisotopic (exact) mass is 432 g/mol. The number of anilines is 1. The number of nitrogens with one attached hydrogen (secondary N) is 1. The highest BCUT2D eigenvalue weighted by Crippen LogP contribution is 2.22. The van der Waals surface area contributed by atoms with Gasteiger partial charge in [-0.15, -0.1) is 0 Å².